The Morgan fingerprint density at radius 3 is 2.66 bits per heavy atom. The predicted octanol–water partition coefficient (Wildman–Crippen LogP) is 1.49. The number of nitrogens with zero attached hydrogens (tertiary/aromatic N) is 3. The average molecular weight is 419 g/mol. The van der Waals surface area contributed by atoms with Crippen molar-refractivity contribution in [3.05, 3.63) is 53.7 Å². The van der Waals surface area contributed by atoms with E-state index in [4.69, 9.17) is 4.74 Å². The number of likely N-dealkylation sites (N-methyl/N-ethyl adjacent to an activating group) is 1. The number of piperazine rings is 1. The van der Waals surface area contributed by atoms with Crippen molar-refractivity contribution < 1.29 is 17.9 Å². The first kappa shape index (κ1) is 21.2. The number of hydrogen-bond acceptors (Lipinski definition) is 7. The number of anilines is 1. The number of benzene rings is 1. The van der Waals surface area contributed by atoms with Gasteiger partial charge in [-0.2, -0.15) is 0 Å². The molecule has 1 aromatic heterocycles. The standard InChI is InChI=1S/C20H26N4O4S/c1-3-28-20(25)17-5-4-6-18(14-17)29(26,27)22-15-16-7-8-21-19(13-16)24-11-9-23(2)10-12-24/h4-8,13-14,22H,3,9-12,15H2,1-2H3. The number of carbonyl (C=O) groups is 1. The fourth-order valence-electron chi connectivity index (χ4n) is 3.05. The number of hydrogen-bond donors (Lipinski definition) is 1. The lowest BCUT2D eigenvalue weighted by Gasteiger charge is -2.33. The minimum atomic E-state index is -3.77. The maximum absolute atomic E-state index is 12.7. The molecule has 2 heterocycles. The van der Waals surface area contributed by atoms with Crippen molar-refractivity contribution in [2.45, 2.75) is 18.4 Å². The van der Waals surface area contributed by atoms with Crippen LogP contribution in [0.2, 0.25) is 0 Å². The first-order valence-electron chi connectivity index (χ1n) is 9.54. The summed E-state index contributed by atoms with van der Waals surface area (Å²) in [7, 11) is -1.68. The van der Waals surface area contributed by atoms with E-state index in [0.29, 0.717) is 0 Å². The fourth-order valence-corrected chi connectivity index (χ4v) is 4.11. The van der Waals surface area contributed by atoms with Gasteiger partial charge in [0.05, 0.1) is 17.1 Å². The molecule has 9 heteroatoms. The molecule has 3 rings (SSSR count). The number of pyridine rings is 1. The predicted molar refractivity (Wildman–Crippen MR) is 110 cm³/mol. The van der Waals surface area contributed by atoms with Crippen molar-refractivity contribution in [1.29, 1.82) is 0 Å². The number of aromatic nitrogens is 1. The van der Waals surface area contributed by atoms with Gasteiger partial charge >= 0.3 is 5.97 Å². The van der Waals surface area contributed by atoms with Crippen LogP contribution in [0.15, 0.2) is 47.5 Å². The Morgan fingerprint density at radius 1 is 1.17 bits per heavy atom. The number of esters is 1. The van der Waals surface area contributed by atoms with Crippen molar-refractivity contribution in [2.75, 3.05) is 44.7 Å². The molecule has 0 spiro atoms. The molecule has 0 bridgehead atoms. The van der Waals surface area contributed by atoms with Gasteiger partial charge < -0.3 is 14.5 Å². The van der Waals surface area contributed by atoms with E-state index in [9.17, 15) is 13.2 Å². The molecular formula is C20H26N4O4S. The summed E-state index contributed by atoms with van der Waals surface area (Å²) in [5.74, 6) is 0.301. The zero-order valence-corrected chi connectivity index (χ0v) is 17.5. The van der Waals surface area contributed by atoms with E-state index in [0.717, 1.165) is 37.6 Å². The summed E-state index contributed by atoms with van der Waals surface area (Å²) >= 11 is 0. The van der Waals surface area contributed by atoms with Gasteiger partial charge in [-0.15, -0.1) is 0 Å². The maximum atomic E-state index is 12.7. The van der Waals surface area contributed by atoms with Gasteiger partial charge in [0.15, 0.2) is 0 Å². The zero-order chi connectivity index (χ0) is 20.9. The molecule has 0 aliphatic carbocycles. The second-order valence-electron chi connectivity index (χ2n) is 6.89. The SMILES string of the molecule is CCOC(=O)c1cccc(S(=O)(=O)NCc2ccnc(N3CCN(C)CC3)c2)c1. The molecular weight excluding hydrogens is 392 g/mol. The summed E-state index contributed by atoms with van der Waals surface area (Å²) in [4.78, 5) is 20.8. The Balaban J connectivity index is 1.68. The van der Waals surface area contributed by atoms with Crippen LogP contribution in [0.4, 0.5) is 5.82 Å². The number of sulfonamides is 1. The minimum Gasteiger partial charge on any atom is -0.462 e. The molecule has 1 aromatic carbocycles. The van der Waals surface area contributed by atoms with Gasteiger partial charge in [0.1, 0.15) is 5.82 Å². The Kier molecular flexibility index (Phi) is 6.83. The molecule has 0 atom stereocenters. The largest absolute Gasteiger partial charge is 0.462 e. The molecule has 2 aromatic rings. The first-order valence-corrected chi connectivity index (χ1v) is 11.0. The van der Waals surface area contributed by atoms with Crippen molar-refractivity contribution in [1.82, 2.24) is 14.6 Å². The lowest BCUT2D eigenvalue weighted by atomic mass is 10.2. The molecule has 156 valence electrons. The molecule has 1 fully saturated rings. The van der Waals surface area contributed by atoms with Crippen LogP contribution in [0, 0.1) is 0 Å². The van der Waals surface area contributed by atoms with E-state index in [1.54, 1.807) is 19.2 Å². The molecule has 0 radical (unpaired) electrons. The van der Waals surface area contributed by atoms with Crippen LogP contribution in [0.1, 0.15) is 22.8 Å². The van der Waals surface area contributed by atoms with Crippen molar-refractivity contribution in [3.8, 4) is 0 Å². The Morgan fingerprint density at radius 2 is 1.93 bits per heavy atom. The maximum Gasteiger partial charge on any atom is 0.338 e. The van der Waals surface area contributed by atoms with Crippen LogP contribution in [0.5, 0.6) is 0 Å². The summed E-state index contributed by atoms with van der Waals surface area (Å²) in [6, 6.07) is 9.52. The molecule has 0 amide bonds. The first-order chi connectivity index (χ1) is 13.9. The zero-order valence-electron chi connectivity index (χ0n) is 16.7. The average Bonchev–Trinajstić information content (AvgIpc) is 2.73. The number of nitrogens with one attached hydrogen (secondary N) is 1. The molecule has 1 saturated heterocycles. The Hall–Kier alpha value is -2.49. The van der Waals surface area contributed by atoms with Gasteiger partial charge in [-0.3, -0.25) is 0 Å². The summed E-state index contributed by atoms with van der Waals surface area (Å²) < 4.78 is 32.9. The Bertz CT molecular complexity index is 956. The van der Waals surface area contributed by atoms with E-state index in [-0.39, 0.29) is 23.6 Å². The van der Waals surface area contributed by atoms with E-state index in [1.807, 2.05) is 6.07 Å². The van der Waals surface area contributed by atoms with Crippen molar-refractivity contribution >= 4 is 21.8 Å². The summed E-state index contributed by atoms with van der Waals surface area (Å²) in [6.07, 6.45) is 1.69. The molecule has 8 nitrogen and oxygen atoms in total. The van der Waals surface area contributed by atoms with Gasteiger partial charge in [-0.25, -0.2) is 22.9 Å². The third kappa shape index (κ3) is 5.53. The van der Waals surface area contributed by atoms with E-state index in [2.05, 4.69) is 26.6 Å². The highest BCUT2D eigenvalue weighted by Crippen LogP contribution is 2.16. The quantitative estimate of drug-likeness (QED) is 0.681. The van der Waals surface area contributed by atoms with Crippen LogP contribution in [-0.4, -0.2) is 64.1 Å². The monoisotopic (exact) mass is 418 g/mol. The van der Waals surface area contributed by atoms with Gasteiger partial charge in [0.2, 0.25) is 10.0 Å². The highest BCUT2D eigenvalue weighted by atomic mass is 32.2. The smallest absolute Gasteiger partial charge is 0.338 e. The second-order valence-corrected chi connectivity index (χ2v) is 8.65. The van der Waals surface area contributed by atoms with Crippen molar-refractivity contribution in [3.63, 3.8) is 0 Å². The van der Waals surface area contributed by atoms with Gasteiger partial charge in [-0.05, 0) is 49.9 Å². The van der Waals surface area contributed by atoms with Crippen molar-refractivity contribution in [2.24, 2.45) is 0 Å². The third-order valence-corrected chi connectivity index (χ3v) is 6.16. The number of rotatable bonds is 7. The highest BCUT2D eigenvalue weighted by molar-refractivity contribution is 7.89. The van der Waals surface area contributed by atoms with Gasteiger partial charge in [0.25, 0.3) is 0 Å². The molecule has 1 N–H and O–H groups in total. The lowest BCUT2D eigenvalue weighted by Crippen LogP contribution is -2.44. The van der Waals surface area contributed by atoms with Crippen LogP contribution in [0.25, 0.3) is 0 Å². The molecule has 0 saturated carbocycles. The minimum absolute atomic E-state index is 0.0244. The van der Waals surface area contributed by atoms with Gasteiger partial charge in [0, 0.05) is 38.9 Å². The molecule has 0 unspecified atom stereocenters. The molecule has 1 aliphatic heterocycles. The van der Waals surface area contributed by atoms with Crippen LogP contribution >= 0.6 is 0 Å². The summed E-state index contributed by atoms with van der Waals surface area (Å²) in [6.45, 7) is 5.77. The topological polar surface area (TPSA) is 91.8 Å². The lowest BCUT2D eigenvalue weighted by molar-refractivity contribution is 0.0526. The van der Waals surface area contributed by atoms with E-state index >= 15 is 0 Å². The molecule has 29 heavy (non-hydrogen) atoms. The fraction of sp³-hybridized carbons (Fsp3) is 0.400. The van der Waals surface area contributed by atoms with Crippen LogP contribution < -0.4 is 9.62 Å². The van der Waals surface area contributed by atoms with Gasteiger partial charge in [-0.1, -0.05) is 6.07 Å². The Labute approximate surface area is 171 Å². The summed E-state index contributed by atoms with van der Waals surface area (Å²) in [5.41, 5.74) is 1.02. The highest BCUT2D eigenvalue weighted by Gasteiger charge is 2.18. The normalized spacial score (nSPS) is 15.3. The molecule has 1 aliphatic rings. The van der Waals surface area contributed by atoms with E-state index < -0.39 is 16.0 Å². The van der Waals surface area contributed by atoms with Crippen LogP contribution in [-0.2, 0) is 21.3 Å². The second kappa shape index (κ2) is 9.34. The third-order valence-electron chi connectivity index (χ3n) is 4.76. The van der Waals surface area contributed by atoms with E-state index in [1.165, 1.54) is 24.3 Å². The number of ether oxygens (including phenoxy) is 1. The number of carbonyl (C=O) groups excluding carboxylic acids is 1. The van der Waals surface area contributed by atoms with Crippen LogP contribution in [0.3, 0.4) is 0 Å². The summed E-state index contributed by atoms with van der Waals surface area (Å²) in [5, 5.41) is 0.